The summed E-state index contributed by atoms with van der Waals surface area (Å²) in [5.74, 6) is -2.74. The highest BCUT2D eigenvalue weighted by Crippen LogP contribution is 2.47. The predicted octanol–water partition coefficient (Wildman–Crippen LogP) is 8.70. The Labute approximate surface area is 382 Å². The van der Waals surface area contributed by atoms with E-state index in [2.05, 4.69) is 46.0 Å². The highest BCUT2D eigenvalue weighted by atomic mass is 35.5. The Balaban J connectivity index is 1.27. The molecule has 342 valence electrons. The molecule has 0 fully saturated rings. The number of aromatic nitrogens is 3. The summed E-state index contributed by atoms with van der Waals surface area (Å²) in [6.45, 7) is 0. The van der Waals surface area contributed by atoms with Crippen LogP contribution in [0.1, 0.15) is 0 Å². The van der Waals surface area contributed by atoms with Gasteiger partial charge in [-0.25, -0.2) is 0 Å². The second-order valence-electron chi connectivity index (χ2n) is 13.9. The van der Waals surface area contributed by atoms with Crippen molar-refractivity contribution in [2.75, 3.05) is 10.6 Å². The van der Waals surface area contributed by atoms with Gasteiger partial charge in [0.25, 0.3) is 40.5 Å². The van der Waals surface area contributed by atoms with Crippen molar-refractivity contribution >= 4 is 130 Å². The Hall–Kier alpha value is -7.34. The Morgan fingerprint density at radius 1 is 0.493 bits per heavy atom. The summed E-state index contributed by atoms with van der Waals surface area (Å²) in [5.41, 5.74) is -1.99. The molecule has 1 heterocycles. The fourth-order valence-corrected chi connectivity index (χ4v) is 9.47. The first-order valence-electron chi connectivity index (χ1n) is 18.3. The van der Waals surface area contributed by atoms with E-state index in [1.54, 1.807) is 36.4 Å². The van der Waals surface area contributed by atoms with E-state index in [9.17, 15) is 62.1 Å². The first-order valence-corrected chi connectivity index (χ1v) is 24.5. The minimum Gasteiger partial charge on any atom is -0.505 e. The van der Waals surface area contributed by atoms with E-state index >= 15 is 0 Å². The van der Waals surface area contributed by atoms with Crippen molar-refractivity contribution in [1.82, 2.24) is 15.0 Å². The zero-order valence-electron chi connectivity index (χ0n) is 33.0. The Bertz CT molecular complexity index is 3920. The van der Waals surface area contributed by atoms with Gasteiger partial charge in [0.1, 0.15) is 26.9 Å². The molecule has 0 atom stereocenters. The molecule has 0 bridgehead atoms. The number of anilines is 4. The summed E-state index contributed by atoms with van der Waals surface area (Å²) in [5, 5.41) is 42.8. The average molecular weight is 1010 g/mol. The number of nitrogens with one attached hydrogen (secondary N) is 2. The number of rotatable bonds is 12. The van der Waals surface area contributed by atoms with Crippen molar-refractivity contribution < 1.29 is 62.1 Å². The first kappa shape index (κ1) is 46.2. The van der Waals surface area contributed by atoms with Gasteiger partial charge in [0, 0.05) is 16.2 Å². The molecular weight excluding hydrogens is 982 g/mol. The lowest BCUT2D eigenvalue weighted by Crippen LogP contribution is -2.07. The molecule has 0 aliphatic heterocycles. The number of hydrogen-bond donors (Lipinski definition) is 8. The maximum atomic E-state index is 12.7. The van der Waals surface area contributed by atoms with Crippen molar-refractivity contribution in [3.63, 3.8) is 0 Å². The second-order valence-corrected chi connectivity index (χ2v) is 19.8. The van der Waals surface area contributed by atoms with Crippen LogP contribution in [0.4, 0.5) is 46.0 Å². The SMILES string of the molecule is O=S(=O)(O)c1cc(Nc2nc(Cl)nc(Nc3cc(S(=O)(=O)O)cc4cc(S(=O)(=O)O)c(N=Nc5ccc6ccccc6c5S(=O)(=O)O)c(O)c34)n2)c2c(O)c(N=Nc3ccccc3)ccc2c1. The number of benzene rings is 7. The van der Waals surface area contributed by atoms with Crippen molar-refractivity contribution in [3.05, 3.63) is 114 Å². The molecule has 0 radical (unpaired) electrons. The van der Waals surface area contributed by atoms with Crippen LogP contribution in [0.15, 0.2) is 149 Å². The van der Waals surface area contributed by atoms with E-state index in [0.29, 0.717) is 23.2 Å². The molecule has 8 rings (SSSR count). The number of phenols is 2. The third-order valence-corrected chi connectivity index (χ3v) is 13.2. The van der Waals surface area contributed by atoms with Crippen LogP contribution in [-0.2, 0) is 40.5 Å². The van der Waals surface area contributed by atoms with Crippen LogP contribution in [0.3, 0.4) is 0 Å². The average Bonchev–Trinajstić information content (AvgIpc) is 3.24. The van der Waals surface area contributed by atoms with Gasteiger partial charge in [-0.05, 0) is 82.4 Å². The molecule has 0 aliphatic carbocycles. The number of nitrogens with zero attached hydrogens (tertiary/aromatic N) is 7. The van der Waals surface area contributed by atoms with E-state index in [1.165, 1.54) is 36.4 Å². The largest absolute Gasteiger partial charge is 0.505 e. The summed E-state index contributed by atoms with van der Waals surface area (Å²) >= 11 is 6.27. The number of hydrogen-bond acceptors (Lipinski definition) is 19. The fraction of sp³-hybridized carbons (Fsp3) is 0. The summed E-state index contributed by atoms with van der Waals surface area (Å²) in [4.78, 5) is 8.61. The molecule has 8 N–H and O–H groups in total. The van der Waals surface area contributed by atoms with Crippen molar-refractivity contribution in [2.45, 2.75) is 19.6 Å². The van der Waals surface area contributed by atoms with Gasteiger partial charge in [0.05, 0.1) is 26.9 Å². The third-order valence-electron chi connectivity index (χ3n) is 9.54. The Kier molecular flexibility index (Phi) is 11.8. The van der Waals surface area contributed by atoms with E-state index in [0.717, 1.165) is 24.3 Å². The molecule has 1 aromatic heterocycles. The van der Waals surface area contributed by atoms with Gasteiger partial charge >= 0.3 is 0 Å². The fourth-order valence-electron chi connectivity index (χ4n) is 6.73. The number of phenolic OH excluding ortho intramolecular Hbond substituents is 2. The van der Waals surface area contributed by atoms with Gasteiger partial charge < -0.3 is 20.8 Å². The standard InChI is InChI=1S/C39H26ClN9O14S4/c40-37-43-38(41-28-17-23(64(52,53)54)14-20-11-12-26(34(50)31(20)28)47-46-22-7-2-1-3-8-22)45-39(44-37)42-29-18-24(65(55,56)57)15-21-16-30(66(58,59)60)33(35(51)32(21)29)49-48-27-13-10-19-6-4-5-9-25(19)36(27)67(61,62)63/h1-18,50-51H,(H,52,53,54)(H,55,56,57)(H,58,59,60)(H,61,62,63)(H2,41,42,43,44,45). The summed E-state index contributed by atoms with van der Waals surface area (Å²) < 4.78 is 141. The van der Waals surface area contributed by atoms with Crippen LogP contribution in [0, 0.1) is 0 Å². The highest BCUT2D eigenvalue weighted by Gasteiger charge is 2.27. The monoisotopic (exact) mass is 1010 g/mol. The maximum Gasteiger partial charge on any atom is 0.297 e. The molecule has 0 spiro atoms. The van der Waals surface area contributed by atoms with Crippen LogP contribution < -0.4 is 10.6 Å². The zero-order valence-corrected chi connectivity index (χ0v) is 37.0. The molecule has 23 nitrogen and oxygen atoms in total. The lowest BCUT2D eigenvalue weighted by molar-refractivity contribution is 0.472. The summed E-state index contributed by atoms with van der Waals surface area (Å²) in [7, 11) is -20.5. The number of halogens is 1. The van der Waals surface area contributed by atoms with Gasteiger partial charge in [-0.2, -0.15) is 53.7 Å². The van der Waals surface area contributed by atoms with Crippen molar-refractivity contribution in [2.24, 2.45) is 20.5 Å². The molecular formula is C39H26ClN9O14S4. The van der Waals surface area contributed by atoms with Crippen LogP contribution in [-0.4, -0.2) is 77.0 Å². The molecule has 0 amide bonds. The quantitative estimate of drug-likeness (QED) is 0.0419. The Morgan fingerprint density at radius 2 is 1.03 bits per heavy atom. The Morgan fingerprint density at radius 3 is 1.63 bits per heavy atom. The van der Waals surface area contributed by atoms with E-state index in [1.807, 2.05) is 0 Å². The van der Waals surface area contributed by atoms with Crippen LogP contribution in [0.2, 0.25) is 5.28 Å². The van der Waals surface area contributed by atoms with E-state index in [4.69, 9.17) is 11.6 Å². The lowest BCUT2D eigenvalue weighted by atomic mass is 10.1. The topological polar surface area (TPSA) is 370 Å². The van der Waals surface area contributed by atoms with Gasteiger partial charge in [-0.3, -0.25) is 18.2 Å². The number of azo groups is 2. The first-order chi connectivity index (χ1) is 31.5. The van der Waals surface area contributed by atoms with Gasteiger partial charge in [-0.1, -0.05) is 54.6 Å². The van der Waals surface area contributed by atoms with E-state index in [-0.39, 0.29) is 27.5 Å². The summed E-state index contributed by atoms with van der Waals surface area (Å²) in [6, 6.07) is 23.6. The van der Waals surface area contributed by atoms with Gasteiger partial charge in [-0.15, -0.1) is 15.3 Å². The van der Waals surface area contributed by atoms with Crippen molar-refractivity contribution in [3.8, 4) is 11.5 Å². The lowest BCUT2D eigenvalue weighted by Gasteiger charge is -2.16. The zero-order chi connectivity index (χ0) is 48.2. The van der Waals surface area contributed by atoms with E-state index < -0.39 is 117 Å². The molecule has 0 aliphatic rings. The summed E-state index contributed by atoms with van der Waals surface area (Å²) in [6.07, 6.45) is 0. The normalized spacial score (nSPS) is 12.7. The predicted molar refractivity (Wildman–Crippen MR) is 241 cm³/mol. The number of fused-ring (bicyclic) bond motifs is 3. The third kappa shape index (κ3) is 9.65. The molecule has 0 unspecified atom stereocenters. The molecule has 0 saturated carbocycles. The molecule has 0 saturated heterocycles. The highest BCUT2D eigenvalue weighted by molar-refractivity contribution is 7.86. The van der Waals surface area contributed by atoms with Crippen LogP contribution >= 0.6 is 11.6 Å². The van der Waals surface area contributed by atoms with Crippen LogP contribution in [0.5, 0.6) is 11.5 Å². The molecule has 8 aromatic rings. The minimum atomic E-state index is -5.39. The molecule has 7 aromatic carbocycles. The minimum absolute atomic E-state index is 0.0144. The smallest absolute Gasteiger partial charge is 0.297 e. The van der Waals surface area contributed by atoms with Gasteiger partial charge in [0.2, 0.25) is 17.2 Å². The van der Waals surface area contributed by atoms with Crippen LogP contribution in [0.25, 0.3) is 32.3 Å². The van der Waals surface area contributed by atoms with Crippen molar-refractivity contribution in [1.29, 1.82) is 0 Å². The molecule has 67 heavy (non-hydrogen) atoms. The second kappa shape index (κ2) is 17.1. The van der Waals surface area contributed by atoms with Gasteiger partial charge in [0.15, 0.2) is 11.5 Å². The molecule has 28 heteroatoms. The maximum absolute atomic E-state index is 12.7. The number of aromatic hydroxyl groups is 2.